The molecular formula is C12H11N3O5. The molecule has 0 fully saturated rings. The minimum Gasteiger partial charge on any atom is -0.595 e. The lowest BCUT2D eigenvalue weighted by molar-refractivity contribution is -0.991. The van der Waals surface area contributed by atoms with Crippen molar-refractivity contribution in [1.82, 2.24) is 4.98 Å². The van der Waals surface area contributed by atoms with Crippen LogP contribution in [-0.4, -0.2) is 20.5 Å². The molecule has 8 nitrogen and oxygen atoms in total. The number of aromatic hydroxyl groups is 1. The van der Waals surface area contributed by atoms with Crippen LogP contribution in [0.15, 0.2) is 30.3 Å². The Kier molecular flexibility index (Phi) is 2.83. The Bertz CT molecular complexity index is 796. The molecule has 3 rings (SSSR count). The van der Waals surface area contributed by atoms with Crippen molar-refractivity contribution < 1.29 is 26.0 Å². The zero-order valence-electron chi connectivity index (χ0n) is 10.0. The van der Waals surface area contributed by atoms with Crippen LogP contribution in [0, 0.1) is 10.4 Å². The first-order valence-corrected chi connectivity index (χ1v) is 5.73. The van der Waals surface area contributed by atoms with Gasteiger partial charge in [0.25, 0.3) is 0 Å². The van der Waals surface area contributed by atoms with Crippen molar-refractivity contribution in [1.29, 1.82) is 0 Å². The highest BCUT2D eigenvalue weighted by Crippen LogP contribution is 2.34. The van der Waals surface area contributed by atoms with Crippen molar-refractivity contribution in [2.75, 3.05) is 0 Å². The van der Waals surface area contributed by atoms with Crippen molar-refractivity contribution in [2.24, 2.45) is 0 Å². The first kappa shape index (κ1) is 12.8. The van der Waals surface area contributed by atoms with E-state index in [-0.39, 0.29) is 17.1 Å². The zero-order valence-corrected chi connectivity index (χ0v) is 10.0. The van der Waals surface area contributed by atoms with Crippen molar-refractivity contribution in [3.63, 3.8) is 0 Å². The number of phenolic OH excluding ortho intramolecular Hbond substituents is 1. The number of aromatic nitrogens is 1. The van der Waals surface area contributed by atoms with Gasteiger partial charge in [0.2, 0.25) is 5.69 Å². The Balaban J connectivity index is 2.44. The van der Waals surface area contributed by atoms with Crippen LogP contribution in [0.5, 0.6) is 5.75 Å². The Morgan fingerprint density at radius 2 is 1.65 bits per heavy atom. The molecule has 0 spiro atoms. The molecule has 8 heteroatoms. The molecule has 2 aromatic carbocycles. The van der Waals surface area contributed by atoms with Gasteiger partial charge in [-0.25, -0.2) is 10.4 Å². The molecule has 0 radical (unpaired) electrons. The van der Waals surface area contributed by atoms with Gasteiger partial charge in [-0.2, -0.15) is 10.5 Å². The fourth-order valence-corrected chi connectivity index (χ4v) is 2.34. The third-order valence-electron chi connectivity index (χ3n) is 3.20. The van der Waals surface area contributed by atoms with Crippen LogP contribution < -0.4 is 10.5 Å². The molecule has 3 aromatic rings. The van der Waals surface area contributed by atoms with Crippen LogP contribution in [0.4, 0.5) is 11.4 Å². The molecule has 0 saturated carbocycles. The number of phenols is 1. The summed E-state index contributed by atoms with van der Waals surface area (Å²) in [5.74, 6) is -0.367. The third kappa shape index (κ3) is 1.80. The first-order valence-electron chi connectivity index (χ1n) is 5.73. The summed E-state index contributed by atoms with van der Waals surface area (Å²) in [4.78, 5) is 2.96. The standard InChI is InChI=1S/C12H11N3O5/c16-11-5-8-6(4-10(11)15(19)20)12-7(13-8)2-1-3-9(12)14(17)18/h1-5,13-17,19H. The second-order valence-corrected chi connectivity index (χ2v) is 4.38. The van der Waals surface area contributed by atoms with Crippen LogP contribution in [0.1, 0.15) is 0 Å². The Labute approximate surface area is 111 Å². The van der Waals surface area contributed by atoms with Gasteiger partial charge in [-0.1, -0.05) is 6.07 Å². The van der Waals surface area contributed by atoms with E-state index in [9.17, 15) is 20.7 Å². The summed E-state index contributed by atoms with van der Waals surface area (Å²) < 4.78 is 0. The lowest BCUT2D eigenvalue weighted by Crippen LogP contribution is -2.99. The molecule has 0 bridgehead atoms. The van der Waals surface area contributed by atoms with Gasteiger partial charge in [-0.3, -0.25) is 0 Å². The molecule has 1 heterocycles. The molecule has 6 N–H and O–H groups in total. The minimum absolute atomic E-state index is 0.0794. The van der Waals surface area contributed by atoms with Gasteiger partial charge >= 0.3 is 0 Å². The molecule has 1 aromatic heterocycles. The molecule has 0 aliphatic rings. The molecule has 104 valence electrons. The van der Waals surface area contributed by atoms with E-state index in [1.807, 2.05) is 0 Å². The second-order valence-electron chi connectivity index (χ2n) is 4.38. The van der Waals surface area contributed by atoms with E-state index in [1.165, 1.54) is 18.2 Å². The number of rotatable bonds is 2. The van der Waals surface area contributed by atoms with E-state index in [4.69, 9.17) is 5.21 Å². The molecular weight excluding hydrogens is 266 g/mol. The highest BCUT2D eigenvalue weighted by Gasteiger charge is 2.17. The van der Waals surface area contributed by atoms with Gasteiger partial charge < -0.3 is 20.5 Å². The Hall–Kier alpha value is -2.20. The predicted octanol–water partition coefficient (Wildman–Crippen LogP) is -0.167. The first-order chi connectivity index (χ1) is 9.49. The molecule has 0 amide bonds. The molecule has 0 aliphatic heterocycles. The number of benzene rings is 2. The van der Waals surface area contributed by atoms with Crippen LogP contribution in [0.2, 0.25) is 0 Å². The summed E-state index contributed by atoms with van der Waals surface area (Å²) in [7, 11) is 0. The minimum atomic E-state index is -1.27. The summed E-state index contributed by atoms with van der Waals surface area (Å²) in [6, 6.07) is 7.30. The third-order valence-corrected chi connectivity index (χ3v) is 3.20. The molecule has 0 aliphatic carbocycles. The van der Waals surface area contributed by atoms with Crippen molar-refractivity contribution in [2.45, 2.75) is 0 Å². The highest BCUT2D eigenvalue weighted by molar-refractivity contribution is 6.12. The Morgan fingerprint density at radius 3 is 2.30 bits per heavy atom. The second kappa shape index (κ2) is 4.42. The van der Waals surface area contributed by atoms with E-state index >= 15 is 0 Å². The number of H-pyrrole nitrogens is 1. The highest BCUT2D eigenvalue weighted by atomic mass is 16.8. The normalized spacial score (nSPS) is 14.8. The van der Waals surface area contributed by atoms with Gasteiger partial charge in [0.15, 0.2) is 11.4 Å². The van der Waals surface area contributed by atoms with E-state index in [1.54, 1.807) is 12.1 Å². The van der Waals surface area contributed by atoms with Gasteiger partial charge in [-0.05, 0) is 6.07 Å². The average Bonchev–Trinajstić information content (AvgIpc) is 2.74. The summed E-state index contributed by atoms with van der Waals surface area (Å²) in [6.07, 6.45) is 0. The van der Waals surface area contributed by atoms with Crippen LogP contribution in [0.25, 0.3) is 21.8 Å². The van der Waals surface area contributed by atoms with E-state index in [0.717, 1.165) is 0 Å². The number of quaternary nitrogens is 2. The van der Waals surface area contributed by atoms with E-state index < -0.39 is 10.5 Å². The summed E-state index contributed by atoms with van der Waals surface area (Å²) in [5.41, 5.74) is 0.868. The van der Waals surface area contributed by atoms with Crippen molar-refractivity contribution >= 4 is 33.2 Å². The lowest BCUT2D eigenvalue weighted by Gasteiger charge is -2.14. The maximum absolute atomic E-state index is 11.3. The number of hydrogen-bond donors (Lipinski definition) is 6. The van der Waals surface area contributed by atoms with Crippen molar-refractivity contribution in [3.05, 3.63) is 40.7 Å². The number of hydrogen-bond acceptors (Lipinski definition) is 5. The molecule has 2 unspecified atom stereocenters. The predicted molar refractivity (Wildman–Crippen MR) is 69.0 cm³/mol. The van der Waals surface area contributed by atoms with Crippen LogP contribution >= 0.6 is 0 Å². The maximum Gasteiger partial charge on any atom is 0.206 e. The molecule has 2 atom stereocenters. The number of nitrogens with one attached hydrogen (secondary N) is 3. The van der Waals surface area contributed by atoms with Crippen LogP contribution in [0.3, 0.4) is 0 Å². The molecule has 0 saturated heterocycles. The summed E-state index contributed by atoms with van der Waals surface area (Å²) in [5, 5.41) is 48.7. The molecule has 20 heavy (non-hydrogen) atoms. The van der Waals surface area contributed by atoms with Crippen molar-refractivity contribution in [3.8, 4) is 5.75 Å². The average molecular weight is 277 g/mol. The monoisotopic (exact) mass is 277 g/mol. The topological polar surface area (TPSA) is 131 Å². The number of fused-ring (bicyclic) bond motifs is 3. The Morgan fingerprint density at radius 1 is 0.950 bits per heavy atom. The SMILES string of the molecule is [O-][NH+](O)c1cc2c(cc1O)[nH]c1cccc([NH+]([O-])O)c12. The van der Waals surface area contributed by atoms with E-state index in [0.29, 0.717) is 21.8 Å². The fraction of sp³-hybridized carbons (Fsp3) is 0. The lowest BCUT2D eigenvalue weighted by atomic mass is 10.1. The van der Waals surface area contributed by atoms with Gasteiger partial charge in [0.05, 0.1) is 16.4 Å². The van der Waals surface area contributed by atoms with Crippen LogP contribution in [-0.2, 0) is 0 Å². The van der Waals surface area contributed by atoms with Gasteiger partial charge in [-0.15, -0.1) is 0 Å². The van der Waals surface area contributed by atoms with Gasteiger partial charge in [0, 0.05) is 23.6 Å². The maximum atomic E-state index is 11.3. The van der Waals surface area contributed by atoms with E-state index in [2.05, 4.69) is 4.98 Å². The summed E-state index contributed by atoms with van der Waals surface area (Å²) >= 11 is 0. The van der Waals surface area contributed by atoms with Gasteiger partial charge in [0.1, 0.15) is 0 Å². The fourth-order valence-electron chi connectivity index (χ4n) is 2.34. The smallest absolute Gasteiger partial charge is 0.206 e. The quantitative estimate of drug-likeness (QED) is 0.286. The number of aromatic amines is 1. The summed E-state index contributed by atoms with van der Waals surface area (Å²) in [6.45, 7) is 0. The zero-order chi connectivity index (χ0) is 14.4. The largest absolute Gasteiger partial charge is 0.595 e.